The summed E-state index contributed by atoms with van der Waals surface area (Å²) in [6, 6.07) is 7.03. The van der Waals surface area contributed by atoms with E-state index in [1.54, 1.807) is 12.1 Å². The smallest absolute Gasteiger partial charge is 0.288 e. The van der Waals surface area contributed by atoms with Crippen molar-refractivity contribution in [2.45, 2.75) is 30.9 Å². The predicted molar refractivity (Wildman–Crippen MR) is 82.9 cm³/mol. The van der Waals surface area contributed by atoms with Gasteiger partial charge in [0.1, 0.15) is 12.1 Å². The van der Waals surface area contributed by atoms with Crippen LogP contribution < -0.4 is 5.32 Å². The third kappa shape index (κ3) is 3.91. The van der Waals surface area contributed by atoms with Crippen LogP contribution in [-0.2, 0) is 6.42 Å². The molecule has 0 bridgehead atoms. The summed E-state index contributed by atoms with van der Waals surface area (Å²) >= 11 is 0.545. The van der Waals surface area contributed by atoms with Gasteiger partial charge in [0.25, 0.3) is 5.76 Å². The number of anilines is 1. The van der Waals surface area contributed by atoms with Crippen molar-refractivity contribution in [3.63, 3.8) is 0 Å². The highest BCUT2D eigenvalue weighted by Gasteiger charge is 2.12. The quantitative estimate of drug-likeness (QED) is 0.800. The van der Waals surface area contributed by atoms with Crippen molar-refractivity contribution >= 4 is 17.6 Å². The van der Waals surface area contributed by atoms with E-state index in [4.69, 9.17) is 0 Å². The van der Waals surface area contributed by atoms with Gasteiger partial charge in [-0.3, -0.25) is 0 Å². The van der Waals surface area contributed by atoms with E-state index in [2.05, 4.69) is 15.3 Å². The lowest BCUT2D eigenvalue weighted by molar-refractivity contribution is 0.252. The number of nitrogens with zero attached hydrogens (tertiary/aromatic N) is 2. The standard InChI is InChI=1S/C15H17F2N3S/c1-3-12-13(19-9-20-14(12)18-4-2)10-5-7-11(8-6-10)21-15(16)17/h5-9,15H,3-4H2,1-2H3,(H,18,19,20). The summed E-state index contributed by atoms with van der Waals surface area (Å²) in [6.45, 7) is 4.84. The molecule has 6 heteroatoms. The maximum absolute atomic E-state index is 12.3. The molecule has 0 saturated heterocycles. The Bertz CT molecular complexity index is 588. The molecule has 1 N–H and O–H groups in total. The van der Waals surface area contributed by atoms with Crippen LogP contribution in [-0.4, -0.2) is 22.3 Å². The lowest BCUT2D eigenvalue weighted by Crippen LogP contribution is -2.05. The fourth-order valence-electron chi connectivity index (χ4n) is 2.11. The molecule has 112 valence electrons. The van der Waals surface area contributed by atoms with Gasteiger partial charge in [-0.15, -0.1) is 0 Å². The highest BCUT2D eigenvalue weighted by Crippen LogP contribution is 2.30. The number of hydrogen-bond acceptors (Lipinski definition) is 4. The molecule has 0 spiro atoms. The number of rotatable bonds is 6. The van der Waals surface area contributed by atoms with Crippen molar-refractivity contribution in [3.8, 4) is 11.3 Å². The molecule has 2 aromatic rings. The zero-order chi connectivity index (χ0) is 15.2. The molecule has 1 heterocycles. The van der Waals surface area contributed by atoms with E-state index in [1.807, 2.05) is 26.0 Å². The summed E-state index contributed by atoms with van der Waals surface area (Å²) in [5, 5.41) is 3.22. The lowest BCUT2D eigenvalue weighted by atomic mass is 10.0. The number of hydrogen-bond donors (Lipinski definition) is 1. The first-order valence-corrected chi connectivity index (χ1v) is 7.66. The van der Waals surface area contributed by atoms with Crippen LogP contribution in [0.25, 0.3) is 11.3 Å². The molecule has 0 atom stereocenters. The van der Waals surface area contributed by atoms with Crippen molar-refractivity contribution in [3.05, 3.63) is 36.2 Å². The van der Waals surface area contributed by atoms with Crippen molar-refractivity contribution in [1.29, 1.82) is 0 Å². The number of halogens is 2. The second-order valence-electron chi connectivity index (χ2n) is 4.34. The van der Waals surface area contributed by atoms with Gasteiger partial charge in [0.15, 0.2) is 0 Å². The number of nitrogens with one attached hydrogen (secondary N) is 1. The minimum absolute atomic E-state index is 0.545. The lowest BCUT2D eigenvalue weighted by Gasteiger charge is -2.12. The van der Waals surface area contributed by atoms with Gasteiger partial charge >= 0.3 is 0 Å². The molecule has 1 aromatic heterocycles. The van der Waals surface area contributed by atoms with Crippen LogP contribution in [0, 0.1) is 0 Å². The molecule has 0 amide bonds. The molecule has 0 fully saturated rings. The summed E-state index contributed by atoms with van der Waals surface area (Å²) in [4.78, 5) is 9.15. The average molecular weight is 309 g/mol. The predicted octanol–water partition coefficient (Wildman–Crippen LogP) is 4.45. The molecule has 0 unspecified atom stereocenters. The SMILES string of the molecule is CCNc1ncnc(-c2ccc(SC(F)F)cc2)c1CC. The highest BCUT2D eigenvalue weighted by atomic mass is 32.2. The first-order chi connectivity index (χ1) is 10.2. The molecule has 0 aliphatic heterocycles. The van der Waals surface area contributed by atoms with Crippen LogP contribution >= 0.6 is 11.8 Å². The van der Waals surface area contributed by atoms with Gasteiger partial charge < -0.3 is 5.32 Å². The second kappa shape index (κ2) is 7.36. The molecule has 2 rings (SSSR count). The maximum atomic E-state index is 12.3. The molecule has 0 saturated carbocycles. The molecule has 3 nitrogen and oxygen atoms in total. The van der Waals surface area contributed by atoms with E-state index in [0.29, 0.717) is 16.7 Å². The molecular formula is C15H17F2N3S. The first-order valence-electron chi connectivity index (χ1n) is 6.78. The number of thioether (sulfide) groups is 1. The molecule has 21 heavy (non-hydrogen) atoms. The zero-order valence-corrected chi connectivity index (χ0v) is 12.8. The van der Waals surface area contributed by atoms with E-state index in [1.165, 1.54) is 6.33 Å². The molecule has 0 aliphatic rings. The summed E-state index contributed by atoms with van der Waals surface area (Å²) in [7, 11) is 0. The van der Waals surface area contributed by atoms with E-state index >= 15 is 0 Å². The summed E-state index contributed by atoms with van der Waals surface area (Å²) in [5.41, 5.74) is 2.79. The van der Waals surface area contributed by atoms with Crippen LogP contribution in [0.15, 0.2) is 35.5 Å². The van der Waals surface area contributed by atoms with Crippen LogP contribution in [0.1, 0.15) is 19.4 Å². The Morgan fingerprint density at radius 3 is 2.43 bits per heavy atom. The van der Waals surface area contributed by atoms with Crippen LogP contribution in [0.4, 0.5) is 14.6 Å². The number of benzene rings is 1. The summed E-state index contributed by atoms with van der Waals surface area (Å²) in [6.07, 6.45) is 2.32. The second-order valence-corrected chi connectivity index (χ2v) is 5.40. The van der Waals surface area contributed by atoms with Gasteiger partial charge in [0, 0.05) is 22.6 Å². The Labute approximate surface area is 127 Å². The Hall–Kier alpha value is -1.69. The number of aromatic nitrogens is 2. The van der Waals surface area contributed by atoms with Crippen LogP contribution in [0.5, 0.6) is 0 Å². The third-order valence-corrected chi connectivity index (χ3v) is 3.72. The Kier molecular flexibility index (Phi) is 5.50. The van der Waals surface area contributed by atoms with Crippen molar-refractivity contribution in [2.24, 2.45) is 0 Å². The van der Waals surface area contributed by atoms with Gasteiger partial charge in [0.2, 0.25) is 0 Å². The highest BCUT2D eigenvalue weighted by molar-refractivity contribution is 7.99. The monoisotopic (exact) mass is 309 g/mol. The fraction of sp³-hybridized carbons (Fsp3) is 0.333. The largest absolute Gasteiger partial charge is 0.370 e. The van der Waals surface area contributed by atoms with Gasteiger partial charge in [-0.1, -0.05) is 30.8 Å². The Balaban J connectivity index is 2.35. The normalized spacial score (nSPS) is 10.9. The zero-order valence-electron chi connectivity index (χ0n) is 11.9. The minimum atomic E-state index is -2.40. The van der Waals surface area contributed by atoms with E-state index < -0.39 is 5.76 Å². The molecule has 0 radical (unpaired) electrons. The summed E-state index contributed by atoms with van der Waals surface area (Å²) < 4.78 is 24.7. The van der Waals surface area contributed by atoms with Gasteiger partial charge in [-0.2, -0.15) is 8.78 Å². The van der Waals surface area contributed by atoms with Gasteiger partial charge in [-0.25, -0.2) is 9.97 Å². The first kappa shape index (κ1) is 15.7. The van der Waals surface area contributed by atoms with E-state index in [-0.39, 0.29) is 0 Å². The summed E-state index contributed by atoms with van der Waals surface area (Å²) in [5.74, 6) is -1.57. The van der Waals surface area contributed by atoms with Gasteiger partial charge in [0.05, 0.1) is 5.69 Å². The van der Waals surface area contributed by atoms with Crippen LogP contribution in [0.2, 0.25) is 0 Å². The topological polar surface area (TPSA) is 37.8 Å². The average Bonchev–Trinajstić information content (AvgIpc) is 2.47. The molecule has 1 aromatic carbocycles. The van der Waals surface area contributed by atoms with Crippen LogP contribution in [0.3, 0.4) is 0 Å². The van der Waals surface area contributed by atoms with Crippen molar-refractivity contribution in [1.82, 2.24) is 9.97 Å². The van der Waals surface area contributed by atoms with E-state index in [0.717, 1.165) is 35.6 Å². The maximum Gasteiger partial charge on any atom is 0.288 e. The van der Waals surface area contributed by atoms with Crippen molar-refractivity contribution < 1.29 is 8.78 Å². The number of alkyl halides is 2. The Morgan fingerprint density at radius 1 is 1.14 bits per heavy atom. The van der Waals surface area contributed by atoms with E-state index in [9.17, 15) is 8.78 Å². The molecule has 0 aliphatic carbocycles. The van der Waals surface area contributed by atoms with Gasteiger partial charge in [-0.05, 0) is 25.5 Å². The van der Waals surface area contributed by atoms with Crippen molar-refractivity contribution in [2.75, 3.05) is 11.9 Å². The Morgan fingerprint density at radius 2 is 1.86 bits per heavy atom. The molecular weight excluding hydrogens is 292 g/mol. The third-order valence-electron chi connectivity index (χ3n) is 3.00. The fourth-order valence-corrected chi connectivity index (χ4v) is 2.61. The minimum Gasteiger partial charge on any atom is -0.370 e.